The molecule has 0 atom stereocenters. The van der Waals surface area contributed by atoms with Crippen molar-refractivity contribution in [2.24, 2.45) is 5.92 Å². The van der Waals surface area contributed by atoms with Gasteiger partial charge in [-0.1, -0.05) is 12.1 Å². The molecule has 1 saturated carbocycles. The molecule has 1 aliphatic heterocycles. The topological polar surface area (TPSA) is 164 Å². The summed E-state index contributed by atoms with van der Waals surface area (Å²) in [6.45, 7) is 4.09. The summed E-state index contributed by atoms with van der Waals surface area (Å²) in [5, 5.41) is 14.7. The molecule has 4 N–H and O–H groups in total. The van der Waals surface area contributed by atoms with Gasteiger partial charge in [-0.2, -0.15) is 18.2 Å². The molecule has 13 nitrogen and oxygen atoms in total. The number of hydrogen-bond donors (Lipinski definition) is 4. The van der Waals surface area contributed by atoms with Crippen LogP contribution < -0.4 is 20.9 Å². The van der Waals surface area contributed by atoms with Gasteiger partial charge in [0.15, 0.2) is 0 Å². The van der Waals surface area contributed by atoms with Crippen LogP contribution in [-0.2, 0) is 37.3 Å². The Kier molecular flexibility index (Phi) is 11.4. The van der Waals surface area contributed by atoms with Crippen LogP contribution in [0.3, 0.4) is 0 Å². The Labute approximate surface area is 287 Å². The first-order valence-electron chi connectivity index (χ1n) is 16.2. The highest BCUT2D eigenvalue weighted by molar-refractivity contribution is 7.53. The van der Waals surface area contributed by atoms with Crippen LogP contribution >= 0.6 is 7.60 Å². The van der Waals surface area contributed by atoms with Gasteiger partial charge in [-0.3, -0.25) is 19.4 Å². The summed E-state index contributed by atoms with van der Waals surface area (Å²) in [4.78, 5) is 34.9. The van der Waals surface area contributed by atoms with Gasteiger partial charge in [-0.05, 0) is 80.3 Å². The van der Waals surface area contributed by atoms with Crippen molar-refractivity contribution in [2.45, 2.75) is 64.3 Å². The van der Waals surface area contributed by atoms with Crippen molar-refractivity contribution in [3.8, 4) is 5.75 Å². The fourth-order valence-electron chi connectivity index (χ4n) is 6.50. The Balaban J connectivity index is 1.44. The van der Waals surface area contributed by atoms with Crippen molar-refractivity contribution in [2.75, 3.05) is 38.0 Å². The van der Waals surface area contributed by atoms with Crippen LogP contribution in [0.4, 0.5) is 36.3 Å². The van der Waals surface area contributed by atoms with Crippen molar-refractivity contribution in [3.63, 3.8) is 0 Å². The third-order valence-corrected chi connectivity index (χ3v) is 10.9. The largest absolute Gasteiger partial charge is 0.495 e. The molecule has 1 fully saturated rings. The summed E-state index contributed by atoms with van der Waals surface area (Å²) in [5.74, 6) is -1.51. The fourth-order valence-corrected chi connectivity index (χ4v) is 8.19. The number of methoxy groups -OCH3 is 1. The van der Waals surface area contributed by atoms with Gasteiger partial charge in [0.05, 0.1) is 43.4 Å². The standard InChI is InChI=1S/C33H40F3N6O7P/c1-5-48-50(46,49-6-2)18-19-7-13-25(27(15-19)47-4)39-32-37-16-24(33(34,35)36)29(40-32)38-26-14-12-22(23-17-42(3)31(44)28(23)26)20-8-10-21(11-9-20)30(43)41-45/h7,12-16,20-21,45H,5-6,8-11,17-18H2,1-4H3,(H,41,43)(H2,37,38,39,40)/t20-,21+. The third kappa shape index (κ3) is 8.04. The Morgan fingerprint density at radius 3 is 2.36 bits per heavy atom. The van der Waals surface area contributed by atoms with E-state index in [0.29, 0.717) is 48.7 Å². The predicted octanol–water partition coefficient (Wildman–Crippen LogP) is 7.12. The molecule has 0 bridgehead atoms. The third-order valence-electron chi connectivity index (χ3n) is 8.84. The van der Waals surface area contributed by atoms with E-state index in [1.54, 1.807) is 56.7 Å². The van der Waals surface area contributed by atoms with Crippen molar-refractivity contribution in [1.82, 2.24) is 20.3 Å². The molecular formula is C33H40F3N6O7P. The van der Waals surface area contributed by atoms with Gasteiger partial charge in [0.25, 0.3) is 5.91 Å². The minimum absolute atomic E-state index is 0.0185. The van der Waals surface area contributed by atoms with Crippen molar-refractivity contribution >= 4 is 42.6 Å². The van der Waals surface area contributed by atoms with Gasteiger partial charge in [0.2, 0.25) is 11.9 Å². The molecule has 2 aliphatic rings. The van der Waals surface area contributed by atoms with Gasteiger partial charge in [0.1, 0.15) is 17.1 Å². The summed E-state index contributed by atoms with van der Waals surface area (Å²) in [7, 11) is -0.383. The lowest BCUT2D eigenvalue weighted by atomic mass is 9.76. The quantitative estimate of drug-likeness (QED) is 0.0807. The fraction of sp³-hybridized carbons (Fsp3) is 0.455. The lowest BCUT2D eigenvalue weighted by molar-refractivity contribution is -0.137. The van der Waals surface area contributed by atoms with E-state index in [2.05, 4.69) is 20.6 Å². The molecule has 1 aromatic heterocycles. The first-order chi connectivity index (χ1) is 23.8. The van der Waals surface area contributed by atoms with Crippen LogP contribution in [0.2, 0.25) is 0 Å². The smallest absolute Gasteiger partial charge is 0.421 e. The van der Waals surface area contributed by atoms with Crippen LogP contribution in [0.15, 0.2) is 36.5 Å². The Morgan fingerprint density at radius 2 is 1.74 bits per heavy atom. The highest BCUT2D eigenvalue weighted by Gasteiger charge is 2.38. The molecule has 270 valence electrons. The number of alkyl halides is 3. The van der Waals surface area contributed by atoms with E-state index in [9.17, 15) is 27.3 Å². The van der Waals surface area contributed by atoms with Gasteiger partial charge in [0, 0.05) is 25.7 Å². The van der Waals surface area contributed by atoms with Crippen LogP contribution in [0.25, 0.3) is 0 Å². The summed E-state index contributed by atoms with van der Waals surface area (Å²) in [5.41, 5.74) is 3.53. The van der Waals surface area contributed by atoms with Crippen molar-refractivity contribution in [3.05, 3.63) is 64.3 Å². The molecule has 5 rings (SSSR count). The maximum atomic E-state index is 14.2. The first kappa shape index (κ1) is 37.0. The number of aromatic nitrogens is 2. The normalized spacial score (nSPS) is 17.8. The summed E-state index contributed by atoms with van der Waals surface area (Å²) >= 11 is 0. The van der Waals surface area contributed by atoms with Crippen LogP contribution in [0.5, 0.6) is 5.75 Å². The number of nitrogens with zero attached hydrogens (tertiary/aromatic N) is 3. The summed E-state index contributed by atoms with van der Waals surface area (Å²) < 4.78 is 72.0. The van der Waals surface area contributed by atoms with Gasteiger partial charge < -0.3 is 29.3 Å². The van der Waals surface area contributed by atoms with E-state index < -0.39 is 31.1 Å². The minimum Gasteiger partial charge on any atom is -0.495 e. The Morgan fingerprint density at radius 1 is 1.06 bits per heavy atom. The first-order valence-corrected chi connectivity index (χ1v) is 17.9. The van der Waals surface area contributed by atoms with Crippen LogP contribution in [0, 0.1) is 5.92 Å². The molecule has 0 spiro atoms. The molecule has 1 aliphatic carbocycles. The molecule has 2 aromatic carbocycles. The predicted molar refractivity (Wildman–Crippen MR) is 178 cm³/mol. The van der Waals surface area contributed by atoms with Crippen LogP contribution in [-0.4, -0.2) is 59.3 Å². The van der Waals surface area contributed by atoms with E-state index in [0.717, 1.165) is 5.56 Å². The molecular weight excluding hydrogens is 680 g/mol. The molecule has 0 unspecified atom stereocenters. The SMILES string of the molecule is CCOP(=O)(Cc1ccc(Nc2ncc(C(F)(F)F)c(Nc3ccc([C@H]4CC[C@@H](C(=O)NO)CC4)c4c3C(=O)N(C)C4)n2)c(OC)c1)OCC. The number of benzene rings is 2. The highest BCUT2D eigenvalue weighted by atomic mass is 31.2. The number of nitrogens with one attached hydrogen (secondary N) is 3. The lowest BCUT2D eigenvalue weighted by Gasteiger charge is -2.29. The zero-order valence-electron chi connectivity index (χ0n) is 28.1. The molecule has 2 heterocycles. The van der Waals surface area contributed by atoms with E-state index in [1.807, 2.05) is 0 Å². The van der Waals surface area contributed by atoms with Crippen molar-refractivity contribution in [1.29, 1.82) is 0 Å². The molecule has 17 heteroatoms. The number of ether oxygens (including phenoxy) is 1. The molecule has 50 heavy (non-hydrogen) atoms. The van der Waals surface area contributed by atoms with Gasteiger partial charge >= 0.3 is 13.8 Å². The minimum atomic E-state index is -4.82. The summed E-state index contributed by atoms with van der Waals surface area (Å²) in [6.07, 6.45) is -1.78. The Hall–Kier alpha value is -4.24. The lowest BCUT2D eigenvalue weighted by Crippen LogP contribution is -2.30. The maximum Gasteiger partial charge on any atom is 0.421 e. The number of amides is 2. The second-order valence-electron chi connectivity index (χ2n) is 12.1. The van der Waals surface area contributed by atoms with E-state index in [1.165, 1.54) is 12.0 Å². The van der Waals surface area contributed by atoms with Crippen molar-refractivity contribution < 1.29 is 46.3 Å². The van der Waals surface area contributed by atoms with E-state index in [4.69, 9.17) is 19.0 Å². The number of hydroxylamine groups is 1. The average Bonchev–Trinajstić information content (AvgIpc) is 3.38. The second kappa shape index (κ2) is 15.3. The molecule has 0 saturated heterocycles. The van der Waals surface area contributed by atoms with Gasteiger partial charge in [-0.25, -0.2) is 10.5 Å². The van der Waals surface area contributed by atoms with Crippen LogP contribution in [0.1, 0.15) is 78.1 Å². The Bertz CT molecular complexity index is 1780. The molecule has 3 aromatic rings. The number of rotatable bonds is 13. The zero-order chi connectivity index (χ0) is 36.2. The number of anilines is 4. The average molecular weight is 721 g/mol. The number of fused-ring (bicyclic) bond motifs is 1. The van der Waals surface area contributed by atoms with E-state index in [-0.39, 0.29) is 66.6 Å². The zero-order valence-corrected chi connectivity index (χ0v) is 29.0. The number of carbonyl (C=O) groups excluding carboxylic acids is 2. The van der Waals surface area contributed by atoms with Gasteiger partial charge in [-0.15, -0.1) is 0 Å². The molecule has 2 amide bonds. The number of carbonyl (C=O) groups is 2. The monoisotopic (exact) mass is 720 g/mol. The second-order valence-corrected chi connectivity index (χ2v) is 14.1. The van der Waals surface area contributed by atoms with E-state index >= 15 is 0 Å². The number of hydrogen-bond acceptors (Lipinski definition) is 11. The molecule has 0 radical (unpaired) electrons. The summed E-state index contributed by atoms with van der Waals surface area (Å²) in [6, 6.07) is 8.24. The maximum absolute atomic E-state index is 14.2. The highest BCUT2D eigenvalue weighted by Crippen LogP contribution is 2.52. The number of halogens is 3.